The zero-order chi connectivity index (χ0) is 44.6. The van der Waals surface area contributed by atoms with Gasteiger partial charge in [0, 0.05) is 19.4 Å². The Bertz CT molecular complexity index is 1010. The Morgan fingerprint density at radius 3 is 1.16 bits per heavy atom. The van der Waals surface area contributed by atoms with E-state index in [0.717, 1.165) is 38.5 Å². The van der Waals surface area contributed by atoms with Gasteiger partial charge >= 0.3 is 19.8 Å². The van der Waals surface area contributed by atoms with Crippen molar-refractivity contribution in [3.63, 3.8) is 0 Å². The summed E-state index contributed by atoms with van der Waals surface area (Å²) in [5, 5.41) is 0. The number of esters is 2. The van der Waals surface area contributed by atoms with Gasteiger partial charge in [-0.1, -0.05) is 231 Å². The van der Waals surface area contributed by atoms with Gasteiger partial charge in [0.05, 0.1) is 13.2 Å². The zero-order valence-electron chi connectivity index (χ0n) is 40.2. The Hall–Kier alpha value is -1.25. The van der Waals surface area contributed by atoms with Gasteiger partial charge in [-0.05, 0) is 38.5 Å². The number of ether oxygens (including phenoxy) is 2. The Labute approximate surface area is 377 Å². The lowest BCUT2D eigenvalue weighted by Gasteiger charge is -2.19. The van der Waals surface area contributed by atoms with Crippen LogP contribution in [0.5, 0.6) is 0 Å². The van der Waals surface area contributed by atoms with Gasteiger partial charge in [-0.2, -0.15) is 0 Å². The predicted molar refractivity (Wildman–Crippen MR) is 257 cm³/mol. The largest absolute Gasteiger partial charge is 0.472 e. The zero-order valence-corrected chi connectivity index (χ0v) is 41.1. The summed E-state index contributed by atoms with van der Waals surface area (Å²) < 4.78 is 33.0. The van der Waals surface area contributed by atoms with Crippen LogP contribution in [-0.2, 0) is 32.7 Å². The standard InChI is InChI=1S/C51H100NO8P/c1-3-5-7-9-11-13-15-17-19-21-23-24-26-28-30-32-34-36-38-40-42-44-51(54)60-49(48-59-61(55,56)58-46-45-52)47-57-50(53)43-41-39-37-35-33-31-29-27-25-22-20-18-16-14-12-10-8-6-4-2/h21,23,49H,3-20,22,24-48,52H2,1-2H3,(H,55,56)/b23-21-. The molecule has 0 radical (unpaired) electrons. The van der Waals surface area contributed by atoms with Crippen LogP contribution in [0.4, 0.5) is 0 Å². The van der Waals surface area contributed by atoms with E-state index >= 15 is 0 Å². The maximum absolute atomic E-state index is 12.7. The van der Waals surface area contributed by atoms with Gasteiger partial charge in [-0.15, -0.1) is 0 Å². The Morgan fingerprint density at radius 1 is 0.475 bits per heavy atom. The minimum atomic E-state index is -4.38. The van der Waals surface area contributed by atoms with Crippen LogP contribution in [0.15, 0.2) is 12.2 Å². The van der Waals surface area contributed by atoms with E-state index in [9.17, 15) is 19.0 Å². The smallest absolute Gasteiger partial charge is 0.462 e. The van der Waals surface area contributed by atoms with Crippen molar-refractivity contribution >= 4 is 19.8 Å². The van der Waals surface area contributed by atoms with Crippen LogP contribution in [0.1, 0.15) is 271 Å². The minimum absolute atomic E-state index is 0.0563. The van der Waals surface area contributed by atoms with Crippen LogP contribution in [-0.4, -0.2) is 49.3 Å². The van der Waals surface area contributed by atoms with Crippen molar-refractivity contribution < 1.29 is 37.6 Å². The highest BCUT2D eigenvalue weighted by Crippen LogP contribution is 2.43. The number of unbranched alkanes of at least 4 members (excludes halogenated alkanes) is 35. The fourth-order valence-electron chi connectivity index (χ4n) is 7.75. The third kappa shape index (κ3) is 48.1. The van der Waals surface area contributed by atoms with Crippen molar-refractivity contribution in [2.24, 2.45) is 5.73 Å². The first-order valence-electron chi connectivity index (χ1n) is 26.2. The highest BCUT2D eigenvalue weighted by molar-refractivity contribution is 7.47. The molecular weight excluding hydrogens is 786 g/mol. The number of rotatable bonds is 50. The molecule has 0 fully saturated rings. The van der Waals surface area contributed by atoms with Gasteiger partial charge in [-0.3, -0.25) is 18.6 Å². The number of carbonyl (C=O) groups excluding carboxylic acids is 2. The van der Waals surface area contributed by atoms with Crippen molar-refractivity contribution in [1.82, 2.24) is 0 Å². The molecule has 0 aliphatic carbocycles. The Kier molecular flexibility index (Phi) is 47.2. The molecule has 3 N–H and O–H groups in total. The van der Waals surface area contributed by atoms with Crippen LogP contribution in [0.25, 0.3) is 0 Å². The first-order chi connectivity index (χ1) is 29.8. The summed E-state index contributed by atoms with van der Waals surface area (Å²) in [4.78, 5) is 35.1. The molecule has 0 aromatic rings. The third-order valence-electron chi connectivity index (χ3n) is 11.7. The van der Waals surface area contributed by atoms with Crippen LogP contribution in [0.2, 0.25) is 0 Å². The number of allylic oxidation sites excluding steroid dienone is 2. The highest BCUT2D eigenvalue weighted by atomic mass is 31.2. The molecule has 0 saturated heterocycles. The fraction of sp³-hybridized carbons (Fsp3) is 0.922. The van der Waals surface area contributed by atoms with Crippen molar-refractivity contribution in [3.8, 4) is 0 Å². The van der Waals surface area contributed by atoms with E-state index in [0.29, 0.717) is 6.42 Å². The predicted octanol–water partition coefficient (Wildman–Crippen LogP) is 15.7. The number of hydrogen-bond donors (Lipinski definition) is 2. The molecule has 0 aliphatic heterocycles. The molecule has 0 spiro atoms. The number of nitrogens with two attached hydrogens (primary N) is 1. The van der Waals surface area contributed by atoms with Crippen molar-refractivity contribution in [1.29, 1.82) is 0 Å². The molecule has 2 atom stereocenters. The molecule has 0 rings (SSSR count). The van der Waals surface area contributed by atoms with Gasteiger partial charge in [-0.25, -0.2) is 4.57 Å². The molecule has 0 aliphatic rings. The lowest BCUT2D eigenvalue weighted by atomic mass is 10.0. The molecular formula is C51H100NO8P. The molecule has 61 heavy (non-hydrogen) atoms. The van der Waals surface area contributed by atoms with Crippen molar-refractivity contribution in [2.45, 2.75) is 277 Å². The van der Waals surface area contributed by atoms with Gasteiger partial charge in [0.25, 0.3) is 0 Å². The van der Waals surface area contributed by atoms with Gasteiger partial charge in [0.15, 0.2) is 6.10 Å². The first-order valence-corrected chi connectivity index (χ1v) is 27.7. The fourth-order valence-corrected chi connectivity index (χ4v) is 8.52. The first kappa shape index (κ1) is 59.8. The summed E-state index contributed by atoms with van der Waals surface area (Å²) in [5.41, 5.74) is 5.37. The maximum Gasteiger partial charge on any atom is 0.472 e. The van der Waals surface area contributed by atoms with Crippen LogP contribution in [0, 0.1) is 0 Å². The quantitative estimate of drug-likeness (QED) is 0.0265. The van der Waals surface area contributed by atoms with E-state index in [4.69, 9.17) is 24.3 Å². The number of hydrogen-bond acceptors (Lipinski definition) is 8. The van der Waals surface area contributed by atoms with E-state index in [1.165, 1.54) is 199 Å². The van der Waals surface area contributed by atoms with Crippen molar-refractivity contribution in [2.75, 3.05) is 26.4 Å². The normalized spacial score (nSPS) is 13.2. The van der Waals surface area contributed by atoms with E-state index < -0.39 is 26.5 Å². The Balaban J connectivity index is 4.00. The van der Waals surface area contributed by atoms with Gasteiger partial charge in [0.2, 0.25) is 0 Å². The molecule has 0 saturated carbocycles. The Morgan fingerprint density at radius 2 is 0.803 bits per heavy atom. The monoisotopic (exact) mass is 886 g/mol. The summed E-state index contributed by atoms with van der Waals surface area (Å²) in [6, 6.07) is 0. The second kappa shape index (κ2) is 48.2. The average Bonchev–Trinajstić information content (AvgIpc) is 3.25. The molecule has 0 aromatic carbocycles. The lowest BCUT2D eigenvalue weighted by molar-refractivity contribution is -0.161. The molecule has 362 valence electrons. The SMILES string of the molecule is CCCCCCCCCC/C=C\CCCCCCCCCCCC(=O)OC(COC(=O)CCCCCCCCCCCCCCCCCCCCC)COP(=O)(O)OCCN. The molecule has 0 aromatic heterocycles. The van der Waals surface area contributed by atoms with E-state index in [1.54, 1.807) is 0 Å². The number of phosphoric acid groups is 1. The third-order valence-corrected chi connectivity index (χ3v) is 12.6. The topological polar surface area (TPSA) is 134 Å². The lowest BCUT2D eigenvalue weighted by Crippen LogP contribution is -2.29. The minimum Gasteiger partial charge on any atom is -0.462 e. The van der Waals surface area contributed by atoms with Crippen LogP contribution in [0.3, 0.4) is 0 Å². The summed E-state index contributed by atoms with van der Waals surface area (Å²) in [7, 11) is -4.38. The molecule has 0 bridgehead atoms. The van der Waals surface area contributed by atoms with Crippen LogP contribution >= 0.6 is 7.82 Å². The molecule has 2 unspecified atom stereocenters. The summed E-state index contributed by atoms with van der Waals surface area (Å²) in [6.45, 7) is 3.79. The molecule has 0 amide bonds. The summed E-state index contributed by atoms with van der Waals surface area (Å²) in [6.07, 6.45) is 52.5. The highest BCUT2D eigenvalue weighted by Gasteiger charge is 2.26. The van der Waals surface area contributed by atoms with E-state index in [1.807, 2.05) is 0 Å². The molecule has 0 heterocycles. The van der Waals surface area contributed by atoms with E-state index in [2.05, 4.69) is 26.0 Å². The number of carbonyl (C=O) groups is 2. The average molecular weight is 886 g/mol. The molecule has 10 heteroatoms. The second-order valence-corrected chi connectivity index (χ2v) is 19.2. The second-order valence-electron chi connectivity index (χ2n) is 17.8. The maximum atomic E-state index is 12.7. The van der Waals surface area contributed by atoms with Gasteiger partial charge in [0.1, 0.15) is 6.61 Å². The van der Waals surface area contributed by atoms with Gasteiger partial charge < -0.3 is 20.1 Å². The van der Waals surface area contributed by atoms with Crippen molar-refractivity contribution in [3.05, 3.63) is 12.2 Å². The number of phosphoric ester groups is 1. The summed E-state index contributed by atoms with van der Waals surface area (Å²) in [5.74, 6) is -0.813. The summed E-state index contributed by atoms with van der Waals surface area (Å²) >= 11 is 0. The van der Waals surface area contributed by atoms with E-state index in [-0.39, 0.29) is 38.6 Å². The molecule has 9 nitrogen and oxygen atoms in total. The van der Waals surface area contributed by atoms with Crippen LogP contribution < -0.4 is 5.73 Å².